The van der Waals surface area contributed by atoms with Crippen LogP contribution in [0.4, 0.5) is 0 Å². The number of hydrogen-bond acceptors (Lipinski definition) is 3. The van der Waals surface area contributed by atoms with Gasteiger partial charge in [0.15, 0.2) is 0 Å². The molecule has 0 heterocycles. The van der Waals surface area contributed by atoms with Crippen molar-refractivity contribution in [3.8, 4) is 6.07 Å². The second kappa shape index (κ2) is 4.89. The molecule has 0 spiro atoms. The molecule has 4 heteroatoms. The van der Waals surface area contributed by atoms with Gasteiger partial charge in [0.25, 0.3) is 0 Å². The number of amides is 1. The average molecular weight is 226 g/mol. The molecule has 84 valence electrons. The molecular weight excluding hydrogens is 208 g/mol. The maximum absolute atomic E-state index is 12.0. The highest BCUT2D eigenvalue weighted by atomic mass is 32.2. The number of rotatable bonds is 4. The Labute approximate surface area is 95.8 Å². The van der Waals surface area contributed by atoms with Gasteiger partial charge in [0.1, 0.15) is 5.41 Å². The van der Waals surface area contributed by atoms with Gasteiger partial charge in [0.05, 0.1) is 6.07 Å². The molecule has 0 aromatic heterocycles. The van der Waals surface area contributed by atoms with Crippen molar-refractivity contribution < 1.29 is 4.79 Å². The molecule has 15 heavy (non-hydrogen) atoms. The number of carbonyl (C=O) groups excluding carboxylic acids is 1. The summed E-state index contributed by atoms with van der Waals surface area (Å²) in [6.45, 7) is 2.82. The SMILES string of the molecule is CSCCN(C)C(=O)C1(C#N)CC(C)C1. The molecule has 0 aromatic rings. The Balaban J connectivity index is 2.55. The maximum Gasteiger partial charge on any atom is 0.242 e. The van der Waals surface area contributed by atoms with Gasteiger partial charge in [-0.3, -0.25) is 4.79 Å². The highest BCUT2D eigenvalue weighted by molar-refractivity contribution is 7.98. The summed E-state index contributed by atoms with van der Waals surface area (Å²) in [6.07, 6.45) is 3.47. The van der Waals surface area contributed by atoms with Crippen LogP contribution in [0.5, 0.6) is 0 Å². The van der Waals surface area contributed by atoms with Crippen LogP contribution in [0, 0.1) is 22.7 Å². The molecule has 1 aliphatic rings. The summed E-state index contributed by atoms with van der Waals surface area (Å²) >= 11 is 1.71. The van der Waals surface area contributed by atoms with Crippen LogP contribution in [0.2, 0.25) is 0 Å². The summed E-state index contributed by atoms with van der Waals surface area (Å²) in [5, 5.41) is 9.10. The molecule has 0 aromatic carbocycles. The van der Waals surface area contributed by atoms with Crippen LogP contribution in [0.25, 0.3) is 0 Å². The van der Waals surface area contributed by atoms with Gasteiger partial charge < -0.3 is 4.90 Å². The highest BCUT2D eigenvalue weighted by Crippen LogP contribution is 2.46. The molecule has 1 aliphatic carbocycles. The lowest BCUT2D eigenvalue weighted by molar-refractivity contribution is -0.143. The molecule has 0 unspecified atom stereocenters. The molecule has 0 atom stereocenters. The van der Waals surface area contributed by atoms with Crippen molar-refractivity contribution >= 4 is 17.7 Å². The van der Waals surface area contributed by atoms with Gasteiger partial charge in [-0.25, -0.2) is 0 Å². The van der Waals surface area contributed by atoms with Crippen molar-refractivity contribution in [3.05, 3.63) is 0 Å². The molecule has 1 amide bonds. The first-order valence-corrected chi connectivity index (χ1v) is 6.61. The van der Waals surface area contributed by atoms with Crippen LogP contribution < -0.4 is 0 Å². The van der Waals surface area contributed by atoms with Crippen molar-refractivity contribution in [2.45, 2.75) is 19.8 Å². The largest absolute Gasteiger partial charge is 0.344 e. The van der Waals surface area contributed by atoms with Crippen LogP contribution >= 0.6 is 11.8 Å². The lowest BCUT2D eigenvalue weighted by Gasteiger charge is -2.41. The van der Waals surface area contributed by atoms with E-state index < -0.39 is 5.41 Å². The third kappa shape index (κ3) is 2.46. The first kappa shape index (κ1) is 12.4. The Morgan fingerprint density at radius 2 is 2.27 bits per heavy atom. The molecule has 3 nitrogen and oxygen atoms in total. The summed E-state index contributed by atoms with van der Waals surface area (Å²) in [6, 6.07) is 2.20. The van der Waals surface area contributed by atoms with Gasteiger partial charge in [-0.15, -0.1) is 0 Å². The molecule has 0 N–H and O–H groups in total. The summed E-state index contributed by atoms with van der Waals surface area (Å²) in [7, 11) is 1.79. The standard InChI is InChI=1S/C11H18N2OS/c1-9-6-11(7-9,8-12)10(14)13(2)4-5-15-3/h9H,4-7H2,1-3H3. The third-order valence-electron chi connectivity index (χ3n) is 2.99. The van der Waals surface area contributed by atoms with E-state index in [1.165, 1.54) is 0 Å². The first-order valence-electron chi connectivity index (χ1n) is 5.21. The van der Waals surface area contributed by atoms with Crippen LogP contribution in [0.3, 0.4) is 0 Å². The molecular formula is C11H18N2OS. The Morgan fingerprint density at radius 1 is 1.67 bits per heavy atom. The topological polar surface area (TPSA) is 44.1 Å². The smallest absolute Gasteiger partial charge is 0.242 e. The van der Waals surface area contributed by atoms with Crippen LogP contribution in [0.15, 0.2) is 0 Å². The Hall–Kier alpha value is -0.690. The molecule has 0 radical (unpaired) electrons. The number of thioether (sulfide) groups is 1. The van der Waals surface area contributed by atoms with Gasteiger partial charge in [0.2, 0.25) is 5.91 Å². The minimum atomic E-state index is -0.702. The summed E-state index contributed by atoms with van der Waals surface area (Å²) < 4.78 is 0. The highest BCUT2D eigenvalue weighted by Gasteiger charge is 2.49. The second-order valence-corrected chi connectivity index (χ2v) is 5.41. The second-order valence-electron chi connectivity index (χ2n) is 4.43. The third-order valence-corrected chi connectivity index (χ3v) is 3.59. The van der Waals surface area contributed by atoms with Crippen LogP contribution in [-0.2, 0) is 4.79 Å². The first-order chi connectivity index (χ1) is 7.05. The fourth-order valence-electron chi connectivity index (χ4n) is 2.14. The lowest BCUT2D eigenvalue weighted by Crippen LogP contribution is -2.49. The molecule has 1 saturated carbocycles. The summed E-state index contributed by atoms with van der Waals surface area (Å²) in [5.41, 5.74) is -0.702. The van der Waals surface area contributed by atoms with Gasteiger partial charge in [-0.2, -0.15) is 17.0 Å². The molecule has 1 fully saturated rings. The summed E-state index contributed by atoms with van der Waals surface area (Å²) in [5.74, 6) is 1.46. The van der Waals surface area contributed by atoms with Gasteiger partial charge in [-0.1, -0.05) is 6.92 Å². The number of nitrogens with zero attached hydrogens (tertiary/aromatic N) is 2. The molecule has 0 bridgehead atoms. The van der Waals surface area contributed by atoms with E-state index in [2.05, 4.69) is 13.0 Å². The van der Waals surface area contributed by atoms with E-state index in [-0.39, 0.29) is 5.91 Å². The van der Waals surface area contributed by atoms with E-state index >= 15 is 0 Å². The fourth-order valence-corrected chi connectivity index (χ4v) is 2.60. The molecule has 0 saturated heterocycles. The normalized spacial score (nSPS) is 29.1. The quantitative estimate of drug-likeness (QED) is 0.733. The van der Waals surface area contributed by atoms with E-state index in [4.69, 9.17) is 5.26 Å². The zero-order valence-corrected chi connectivity index (χ0v) is 10.4. The van der Waals surface area contributed by atoms with Gasteiger partial charge >= 0.3 is 0 Å². The predicted octanol–water partition coefficient (Wildman–Crippen LogP) is 1.75. The van der Waals surface area contributed by atoms with Crippen molar-refractivity contribution in [1.29, 1.82) is 5.26 Å². The van der Waals surface area contributed by atoms with Crippen LogP contribution in [0.1, 0.15) is 19.8 Å². The van der Waals surface area contributed by atoms with Crippen molar-refractivity contribution in [2.75, 3.05) is 25.6 Å². The van der Waals surface area contributed by atoms with Crippen molar-refractivity contribution in [1.82, 2.24) is 4.90 Å². The molecule has 1 rings (SSSR count). The zero-order valence-electron chi connectivity index (χ0n) is 9.62. The Kier molecular flexibility index (Phi) is 4.04. The number of nitriles is 1. The zero-order chi connectivity index (χ0) is 11.5. The van der Waals surface area contributed by atoms with E-state index in [0.717, 1.165) is 25.1 Å². The minimum absolute atomic E-state index is 0.0113. The van der Waals surface area contributed by atoms with E-state index in [1.54, 1.807) is 23.7 Å². The van der Waals surface area contributed by atoms with Gasteiger partial charge in [-0.05, 0) is 25.0 Å². The monoisotopic (exact) mass is 226 g/mol. The van der Waals surface area contributed by atoms with E-state index in [9.17, 15) is 4.79 Å². The minimum Gasteiger partial charge on any atom is -0.344 e. The molecule has 0 aliphatic heterocycles. The van der Waals surface area contributed by atoms with Crippen molar-refractivity contribution in [2.24, 2.45) is 11.3 Å². The van der Waals surface area contributed by atoms with Crippen molar-refractivity contribution in [3.63, 3.8) is 0 Å². The van der Waals surface area contributed by atoms with Gasteiger partial charge in [0, 0.05) is 19.3 Å². The number of hydrogen-bond donors (Lipinski definition) is 0. The Bertz CT molecular complexity index is 279. The summed E-state index contributed by atoms with van der Waals surface area (Å²) in [4.78, 5) is 13.7. The number of carbonyl (C=O) groups is 1. The average Bonchev–Trinajstić information content (AvgIpc) is 2.20. The van der Waals surface area contributed by atoms with E-state index in [1.807, 2.05) is 6.26 Å². The maximum atomic E-state index is 12.0. The fraction of sp³-hybridized carbons (Fsp3) is 0.818. The van der Waals surface area contributed by atoms with Crippen LogP contribution in [-0.4, -0.2) is 36.4 Å². The predicted molar refractivity (Wildman–Crippen MR) is 62.5 cm³/mol. The van der Waals surface area contributed by atoms with E-state index in [0.29, 0.717) is 5.92 Å². The lowest BCUT2D eigenvalue weighted by atomic mass is 9.63. The Morgan fingerprint density at radius 3 is 2.67 bits per heavy atom.